The van der Waals surface area contributed by atoms with Crippen LogP contribution in [-0.4, -0.2) is 26.4 Å². The summed E-state index contributed by atoms with van der Waals surface area (Å²) in [5, 5.41) is 10.5. The van der Waals surface area contributed by atoms with E-state index in [-0.39, 0.29) is 16.6 Å². The Morgan fingerprint density at radius 3 is 2.57 bits per heavy atom. The van der Waals surface area contributed by atoms with Crippen LogP contribution in [0.4, 0.5) is 0 Å². The molecule has 0 aliphatic carbocycles. The number of aryl methyl sites for hydroxylation is 1. The van der Waals surface area contributed by atoms with Crippen molar-refractivity contribution in [3.05, 3.63) is 17.0 Å². The molecule has 78 valence electrons. The highest BCUT2D eigenvalue weighted by Gasteiger charge is 2.12. The van der Waals surface area contributed by atoms with E-state index in [0.717, 1.165) is 10.7 Å². The molecule has 0 amide bonds. The van der Waals surface area contributed by atoms with Crippen molar-refractivity contribution < 1.29 is 5.11 Å². The molecule has 3 nitrogen and oxygen atoms in total. The molecule has 0 saturated heterocycles. The number of aromatic nitrogens is 2. The predicted molar refractivity (Wildman–Crippen MR) is 58.8 cm³/mol. The minimum absolute atomic E-state index is 0.0976. The second-order valence-corrected chi connectivity index (χ2v) is 4.92. The van der Waals surface area contributed by atoms with Crippen LogP contribution in [0, 0.1) is 6.92 Å². The third-order valence-electron chi connectivity index (χ3n) is 1.79. The van der Waals surface area contributed by atoms with E-state index in [9.17, 15) is 5.11 Å². The van der Waals surface area contributed by atoms with Crippen LogP contribution in [0.2, 0.25) is 5.28 Å². The van der Waals surface area contributed by atoms with Crippen molar-refractivity contribution in [2.75, 3.05) is 0 Å². The monoisotopic (exact) mass is 232 g/mol. The third-order valence-corrected chi connectivity index (χ3v) is 3.17. The predicted octanol–water partition coefficient (Wildman–Crippen LogP) is 2.30. The van der Waals surface area contributed by atoms with Gasteiger partial charge in [-0.05, 0) is 31.5 Å². The highest BCUT2D eigenvalue weighted by molar-refractivity contribution is 7.99. The van der Waals surface area contributed by atoms with Crippen molar-refractivity contribution in [2.45, 2.75) is 37.2 Å². The molecular formula is C9H13ClN2OS. The van der Waals surface area contributed by atoms with Crippen molar-refractivity contribution in [1.82, 2.24) is 9.97 Å². The van der Waals surface area contributed by atoms with E-state index < -0.39 is 0 Å². The summed E-state index contributed by atoms with van der Waals surface area (Å²) in [4.78, 5) is 8.03. The normalized spacial score (nSPS) is 15.2. The fraction of sp³-hybridized carbons (Fsp3) is 0.556. The van der Waals surface area contributed by atoms with Gasteiger partial charge in [0.05, 0.1) is 6.10 Å². The Morgan fingerprint density at radius 2 is 2.07 bits per heavy atom. The lowest BCUT2D eigenvalue weighted by Crippen LogP contribution is -2.15. The van der Waals surface area contributed by atoms with Gasteiger partial charge in [0.15, 0.2) is 0 Å². The molecule has 0 aliphatic heterocycles. The standard InChI is InChI=1S/C9H13ClN2OS/c1-5-4-8(12-9(10)11-5)14-7(3)6(2)13/h4,6-7,13H,1-3H3. The van der Waals surface area contributed by atoms with Crippen molar-refractivity contribution >= 4 is 23.4 Å². The zero-order chi connectivity index (χ0) is 10.7. The van der Waals surface area contributed by atoms with E-state index in [2.05, 4.69) is 9.97 Å². The smallest absolute Gasteiger partial charge is 0.223 e. The largest absolute Gasteiger partial charge is 0.392 e. The zero-order valence-electron chi connectivity index (χ0n) is 8.36. The van der Waals surface area contributed by atoms with Crippen LogP contribution in [0.5, 0.6) is 0 Å². The molecule has 0 spiro atoms. The number of hydrogen-bond acceptors (Lipinski definition) is 4. The molecule has 2 unspecified atom stereocenters. The number of rotatable bonds is 3. The Morgan fingerprint density at radius 1 is 1.43 bits per heavy atom. The molecule has 1 aromatic rings. The first-order valence-electron chi connectivity index (χ1n) is 4.35. The Bertz CT molecular complexity index is 299. The molecule has 0 aliphatic rings. The minimum Gasteiger partial charge on any atom is -0.392 e. The van der Waals surface area contributed by atoms with Crippen LogP contribution in [0.25, 0.3) is 0 Å². The molecule has 1 rings (SSSR count). The summed E-state index contributed by atoms with van der Waals surface area (Å²) in [5.41, 5.74) is 0.838. The number of nitrogens with zero attached hydrogens (tertiary/aromatic N) is 2. The molecule has 0 fully saturated rings. The van der Waals surface area contributed by atoms with Crippen LogP contribution in [-0.2, 0) is 0 Å². The van der Waals surface area contributed by atoms with Crippen molar-refractivity contribution in [3.8, 4) is 0 Å². The second-order valence-electron chi connectivity index (χ2n) is 3.18. The molecule has 1 heterocycles. The molecule has 1 aromatic heterocycles. The lowest BCUT2D eigenvalue weighted by Gasteiger charge is -2.13. The summed E-state index contributed by atoms with van der Waals surface area (Å²) in [5.74, 6) is 0. The maximum Gasteiger partial charge on any atom is 0.223 e. The quantitative estimate of drug-likeness (QED) is 0.494. The highest BCUT2D eigenvalue weighted by Crippen LogP contribution is 2.24. The molecular weight excluding hydrogens is 220 g/mol. The maximum atomic E-state index is 9.32. The Balaban J connectivity index is 2.76. The minimum atomic E-state index is -0.367. The first-order chi connectivity index (χ1) is 6.49. The Kier molecular flexibility index (Phi) is 4.16. The van der Waals surface area contributed by atoms with Gasteiger partial charge in [0, 0.05) is 10.9 Å². The van der Waals surface area contributed by atoms with Crippen LogP contribution in [0.1, 0.15) is 19.5 Å². The van der Waals surface area contributed by atoms with E-state index in [4.69, 9.17) is 11.6 Å². The van der Waals surface area contributed by atoms with Crippen LogP contribution < -0.4 is 0 Å². The van der Waals surface area contributed by atoms with Gasteiger partial charge in [-0.3, -0.25) is 0 Å². The van der Waals surface area contributed by atoms with Gasteiger partial charge in [-0.15, -0.1) is 11.8 Å². The zero-order valence-corrected chi connectivity index (χ0v) is 9.93. The molecule has 2 atom stereocenters. The topological polar surface area (TPSA) is 46.0 Å². The average molecular weight is 233 g/mol. The van der Waals surface area contributed by atoms with Crippen LogP contribution in [0.15, 0.2) is 11.1 Å². The lowest BCUT2D eigenvalue weighted by atomic mass is 10.3. The summed E-state index contributed by atoms with van der Waals surface area (Å²) in [6.45, 7) is 5.57. The van der Waals surface area contributed by atoms with Gasteiger partial charge in [-0.1, -0.05) is 6.92 Å². The lowest BCUT2D eigenvalue weighted by molar-refractivity contribution is 0.196. The third kappa shape index (κ3) is 3.44. The van der Waals surface area contributed by atoms with Crippen molar-refractivity contribution in [1.29, 1.82) is 0 Å². The fourth-order valence-electron chi connectivity index (χ4n) is 0.854. The molecule has 0 aromatic carbocycles. The van der Waals surface area contributed by atoms with E-state index >= 15 is 0 Å². The van der Waals surface area contributed by atoms with Gasteiger partial charge in [0.25, 0.3) is 0 Å². The van der Waals surface area contributed by atoms with E-state index in [0.29, 0.717) is 0 Å². The number of hydrogen-bond donors (Lipinski definition) is 1. The Hall–Kier alpha value is -0.320. The van der Waals surface area contributed by atoms with Crippen LogP contribution in [0.3, 0.4) is 0 Å². The molecule has 0 saturated carbocycles. The first-order valence-corrected chi connectivity index (χ1v) is 5.60. The summed E-state index contributed by atoms with van der Waals surface area (Å²) >= 11 is 7.21. The maximum absolute atomic E-state index is 9.32. The Labute approximate surface area is 92.9 Å². The second kappa shape index (κ2) is 4.96. The molecule has 14 heavy (non-hydrogen) atoms. The number of thioether (sulfide) groups is 1. The number of aliphatic hydroxyl groups is 1. The van der Waals surface area contributed by atoms with Crippen molar-refractivity contribution in [3.63, 3.8) is 0 Å². The van der Waals surface area contributed by atoms with Gasteiger partial charge < -0.3 is 5.11 Å². The van der Waals surface area contributed by atoms with Crippen LogP contribution >= 0.6 is 23.4 Å². The summed E-state index contributed by atoms with van der Waals surface area (Å²) in [6.07, 6.45) is -0.367. The van der Waals surface area contributed by atoms with Gasteiger partial charge >= 0.3 is 0 Å². The van der Waals surface area contributed by atoms with Gasteiger partial charge in [-0.2, -0.15) is 0 Å². The molecule has 1 N–H and O–H groups in total. The first kappa shape index (κ1) is 11.8. The average Bonchev–Trinajstić information content (AvgIpc) is 2.01. The fourth-order valence-corrected chi connectivity index (χ4v) is 2.08. The van der Waals surface area contributed by atoms with Gasteiger partial charge in [0.1, 0.15) is 5.03 Å². The molecule has 5 heteroatoms. The van der Waals surface area contributed by atoms with Gasteiger partial charge in [-0.25, -0.2) is 9.97 Å². The van der Waals surface area contributed by atoms with E-state index in [1.165, 1.54) is 11.8 Å². The van der Waals surface area contributed by atoms with Crippen molar-refractivity contribution in [2.24, 2.45) is 0 Å². The summed E-state index contributed by atoms with van der Waals surface area (Å²) in [6, 6.07) is 1.86. The van der Waals surface area contributed by atoms with Gasteiger partial charge in [0.2, 0.25) is 5.28 Å². The summed E-state index contributed by atoms with van der Waals surface area (Å²) in [7, 11) is 0. The molecule has 0 bridgehead atoms. The molecule has 0 radical (unpaired) electrons. The van der Waals surface area contributed by atoms with E-state index in [1.54, 1.807) is 6.92 Å². The number of halogens is 1. The number of aliphatic hydroxyl groups excluding tert-OH is 1. The summed E-state index contributed by atoms with van der Waals surface area (Å²) < 4.78 is 0. The van der Waals surface area contributed by atoms with E-state index in [1.807, 2.05) is 19.9 Å². The highest BCUT2D eigenvalue weighted by atomic mass is 35.5. The SMILES string of the molecule is Cc1cc(SC(C)C(C)O)nc(Cl)n1.